The molecule has 1 saturated carbocycles. The van der Waals surface area contributed by atoms with Crippen molar-refractivity contribution in [2.75, 3.05) is 0 Å². The molecule has 5 nitrogen and oxygen atoms in total. The lowest BCUT2D eigenvalue weighted by Gasteiger charge is -2.23. The first-order chi connectivity index (χ1) is 9.56. The molecular formula is C14H17ClN2O3. The second kappa shape index (κ2) is 6.22. The van der Waals surface area contributed by atoms with Crippen molar-refractivity contribution in [2.45, 2.75) is 45.3 Å². The van der Waals surface area contributed by atoms with Gasteiger partial charge < -0.3 is 9.30 Å². The van der Waals surface area contributed by atoms with Gasteiger partial charge in [-0.1, -0.05) is 12.2 Å². The number of hydrogen-bond acceptors (Lipinski definition) is 4. The van der Waals surface area contributed by atoms with Crippen molar-refractivity contribution in [2.24, 2.45) is 0 Å². The summed E-state index contributed by atoms with van der Waals surface area (Å²) in [5, 5.41) is 0.120. The number of imidazole rings is 1. The molecule has 0 spiro atoms. The van der Waals surface area contributed by atoms with Crippen molar-refractivity contribution < 1.29 is 14.3 Å². The van der Waals surface area contributed by atoms with Crippen molar-refractivity contribution in [1.82, 2.24) is 9.55 Å². The molecule has 0 bridgehead atoms. The molecule has 0 amide bonds. The van der Waals surface area contributed by atoms with Gasteiger partial charge in [0.25, 0.3) is 0 Å². The summed E-state index contributed by atoms with van der Waals surface area (Å²) >= 11 is 5.91. The molecule has 1 aliphatic carbocycles. The van der Waals surface area contributed by atoms with Crippen LogP contribution in [0.2, 0.25) is 5.28 Å². The molecule has 1 unspecified atom stereocenters. The number of carbonyl (C=O) groups is 2. The Hall–Kier alpha value is -1.62. The van der Waals surface area contributed by atoms with Crippen LogP contribution in [0.5, 0.6) is 0 Å². The monoisotopic (exact) mass is 296 g/mol. The van der Waals surface area contributed by atoms with E-state index in [1.165, 1.54) is 4.57 Å². The minimum atomic E-state index is -0.548. The maximum Gasteiger partial charge on any atom is 0.357 e. The summed E-state index contributed by atoms with van der Waals surface area (Å²) in [7, 11) is 0. The van der Waals surface area contributed by atoms with Gasteiger partial charge >= 0.3 is 5.97 Å². The average Bonchev–Trinajstić information content (AvgIpc) is 2.74. The van der Waals surface area contributed by atoms with E-state index in [1.54, 1.807) is 0 Å². The number of hydrogen-bond donors (Lipinski definition) is 0. The predicted molar refractivity (Wildman–Crippen MR) is 75.1 cm³/mol. The highest BCUT2D eigenvalue weighted by Gasteiger charge is 2.26. The van der Waals surface area contributed by atoms with Gasteiger partial charge in [0, 0.05) is 13.0 Å². The maximum atomic E-state index is 12.3. The van der Waals surface area contributed by atoms with Crippen LogP contribution in [0.1, 0.15) is 53.6 Å². The zero-order valence-corrected chi connectivity index (χ0v) is 12.2. The fourth-order valence-corrected chi connectivity index (χ4v) is 2.74. The molecule has 108 valence electrons. The van der Waals surface area contributed by atoms with E-state index in [1.807, 2.05) is 6.92 Å². The van der Waals surface area contributed by atoms with Crippen LogP contribution in [0, 0.1) is 0 Å². The summed E-state index contributed by atoms with van der Waals surface area (Å²) < 4.78 is 6.95. The molecule has 2 rings (SSSR count). The molecule has 6 heteroatoms. The standard InChI is InChI=1S/C14H17ClN2O3/c1-3-17-12(11(8-18)16-14(17)15)13(19)20-10-6-4-5-9(2)7-10/h8,10H,2-7H2,1H3. The molecule has 0 saturated heterocycles. The summed E-state index contributed by atoms with van der Waals surface area (Å²) in [6, 6.07) is 0. The quantitative estimate of drug-likeness (QED) is 0.487. The fraction of sp³-hybridized carbons (Fsp3) is 0.500. The zero-order chi connectivity index (χ0) is 14.7. The summed E-state index contributed by atoms with van der Waals surface area (Å²) in [6.07, 6.45) is 3.78. The first-order valence-corrected chi connectivity index (χ1v) is 7.03. The number of carbonyl (C=O) groups excluding carboxylic acids is 2. The van der Waals surface area contributed by atoms with Crippen molar-refractivity contribution in [3.8, 4) is 0 Å². The van der Waals surface area contributed by atoms with Crippen LogP contribution in [-0.4, -0.2) is 27.9 Å². The molecular weight excluding hydrogens is 280 g/mol. The summed E-state index contributed by atoms with van der Waals surface area (Å²) in [6.45, 7) is 6.20. The van der Waals surface area contributed by atoms with Gasteiger partial charge in [-0.3, -0.25) is 4.79 Å². The average molecular weight is 297 g/mol. The molecule has 1 heterocycles. The maximum absolute atomic E-state index is 12.3. The van der Waals surface area contributed by atoms with E-state index < -0.39 is 5.97 Å². The van der Waals surface area contributed by atoms with E-state index in [2.05, 4.69) is 11.6 Å². The van der Waals surface area contributed by atoms with Crippen LogP contribution < -0.4 is 0 Å². The van der Waals surface area contributed by atoms with E-state index in [4.69, 9.17) is 16.3 Å². The van der Waals surface area contributed by atoms with Crippen LogP contribution in [0.4, 0.5) is 0 Å². The van der Waals surface area contributed by atoms with E-state index >= 15 is 0 Å². The number of nitrogens with zero attached hydrogens (tertiary/aromatic N) is 2. The SMILES string of the molecule is C=C1CCCC(OC(=O)c2c(C=O)nc(Cl)n2CC)C1. The lowest BCUT2D eigenvalue weighted by Crippen LogP contribution is -2.24. The van der Waals surface area contributed by atoms with Crippen LogP contribution in [0.25, 0.3) is 0 Å². The van der Waals surface area contributed by atoms with Crippen LogP contribution in [0.3, 0.4) is 0 Å². The summed E-state index contributed by atoms with van der Waals surface area (Å²) in [5.74, 6) is -0.548. The zero-order valence-electron chi connectivity index (χ0n) is 11.4. The first-order valence-electron chi connectivity index (χ1n) is 6.65. The number of aldehydes is 1. The molecule has 1 aromatic rings. The van der Waals surface area contributed by atoms with Crippen molar-refractivity contribution in [1.29, 1.82) is 0 Å². The molecule has 1 aromatic heterocycles. The van der Waals surface area contributed by atoms with Crippen molar-refractivity contribution in [3.05, 3.63) is 28.8 Å². The Balaban J connectivity index is 2.20. The van der Waals surface area contributed by atoms with Gasteiger partial charge in [-0.15, -0.1) is 0 Å². The molecule has 1 aliphatic rings. The highest BCUT2D eigenvalue weighted by atomic mass is 35.5. The third-order valence-electron chi connectivity index (χ3n) is 3.42. The van der Waals surface area contributed by atoms with Gasteiger partial charge in [-0.05, 0) is 37.8 Å². The summed E-state index contributed by atoms with van der Waals surface area (Å²) in [5.41, 5.74) is 1.24. The molecule has 0 aliphatic heterocycles. The Morgan fingerprint density at radius 2 is 2.40 bits per heavy atom. The molecule has 0 N–H and O–H groups in total. The largest absolute Gasteiger partial charge is 0.457 e. The molecule has 0 radical (unpaired) electrons. The minimum Gasteiger partial charge on any atom is -0.457 e. The molecule has 1 fully saturated rings. The van der Waals surface area contributed by atoms with Crippen LogP contribution in [0.15, 0.2) is 12.2 Å². The first kappa shape index (κ1) is 14.8. The van der Waals surface area contributed by atoms with Gasteiger partial charge in [-0.25, -0.2) is 9.78 Å². The predicted octanol–water partition coefficient (Wildman–Crippen LogP) is 3.02. The number of ether oxygens (including phenoxy) is 1. The van der Waals surface area contributed by atoms with E-state index in [0.29, 0.717) is 19.3 Å². The smallest absolute Gasteiger partial charge is 0.357 e. The number of aromatic nitrogens is 2. The lowest BCUT2D eigenvalue weighted by atomic mass is 9.94. The van der Waals surface area contributed by atoms with Crippen LogP contribution in [-0.2, 0) is 11.3 Å². The van der Waals surface area contributed by atoms with Gasteiger partial charge in [0.05, 0.1) is 0 Å². The van der Waals surface area contributed by atoms with E-state index in [0.717, 1.165) is 24.8 Å². The second-order valence-corrected chi connectivity index (χ2v) is 5.19. The number of halogens is 1. The number of rotatable bonds is 4. The Kier molecular flexibility index (Phi) is 4.60. The molecule has 20 heavy (non-hydrogen) atoms. The minimum absolute atomic E-state index is 0.0245. The van der Waals surface area contributed by atoms with Gasteiger partial charge in [-0.2, -0.15) is 0 Å². The topological polar surface area (TPSA) is 61.2 Å². The van der Waals surface area contributed by atoms with Crippen molar-refractivity contribution in [3.63, 3.8) is 0 Å². The Morgan fingerprint density at radius 1 is 1.65 bits per heavy atom. The lowest BCUT2D eigenvalue weighted by molar-refractivity contribution is 0.0241. The molecule has 0 aromatic carbocycles. The van der Waals surface area contributed by atoms with Gasteiger partial charge in [0.1, 0.15) is 11.8 Å². The third-order valence-corrected chi connectivity index (χ3v) is 3.70. The van der Waals surface area contributed by atoms with Gasteiger partial charge in [0.15, 0.2) is 12.0 Å². The summed E-state index contributed by atoms with van der Waals surface area (Å²) in [4.78, 5) is 27.1. The van der Waals surface area contributed by atoms with E-state index in [9.17, 15) is 9.59 Å². The molecule has 1 atom stereocenters. The fourth-order valence-electron chi connectivity index (χ4n) is 2.44. The van der Waals surface area contributed by atoms with Crippen molar-refractivity contribution >= 4 is 23.9 Å². The Labute approximate surface area is 122 Å². The Morgan fingerprint density at radius 3 is 3.00 bits per heavy atom. The normalized spacial score (nSPS) is 18.9. The van der Waals surface area contributed by atoms with E-state index in [-0.39, 0.29) is 22.8 Å². The highest BCUT2D eigenvalue weighted by molar-refractivity contribution is 6.29. The second-order valence-electron chi connectivity index (χ2n) is 4.85. The van der Waals surface area contributed by atoms with Crippen LogP contribution >= 0.6 is 11.6 Å². The third kappa shape index (κ3) is 2.93. The number of esters is 1. The van der Waals surface area contributed by atoms with Gasteiger partial charge in [0.2, 0.25) is 5.28 Å². The Bertz CT molecular complexity index is 551. The highest BCUT2D eigenvalue weighted by Crippen LogP contribution is 2.26.